The van der Waals surface area contributed by atoms with Crippen LogP contribution >= 0.6 is 0 Å². The normalized spacial score (nSPS) is 11.1. The minimum Gasteiger partial charge on any atom is -0.439 e. The van der Waals surface area contributed by atoms with E-state index in [-0.39, 0.29) is 0 Å². The maximum absolute atomic E-state index is 5.58. The predicted molar refractivity (Wildman–Crippen MR) is 63.0 cm³/mol. The Balaban J connectivity index is 1.85. The molecule has 2 aromatic heterocycles. The van der Waals surface area contributed by atoms with E-state index >= 15 is 0 Å². The van der Waals surface area contributed by atoms with Crippen LogP contribution in [-0.2, 0) is 6.42 Å². The van der Waals surface area contributed by atoms with Gasteiger partial charge in [-0.25, -0.2) is 4.98 Å². The number of hydrogen-bond acceptors (Lipinski definition) is 4. The Hall–Kier alpha value is -1.42. The van der Waals surface area contributed by atoms with Gasteiger partial charge in [-0.15, -0.1) is 0 Å². The van der Waals surface area contributed by atoms with Gasteiger partial charge in [0.2, 0.25) is 0 Å². The molecule has 0 amide bonds. The molecule has 0 aliphatic heterocycles. The summed E-state index contributed by atoms with van der Waals surface area (Å²) in [4.78, 5) is 8.47. The van der Waals surface area contributed by atoms with E-state index in [2.05, 4.69) is 9.97 Å². The molecule has 0 aliphatic rings. The lowest BCUT2D eigenvalue weighted by atomic mass is 10.1. The quantitative estimate of drug-likeness (QED) is 0.757. The Labute approximate surface area is 94.9 Å². The number of pyridine rings is 1. The van der Waals surface area contributed by atoms with Crippen LogP contribution in [0.2, 0.25) is 0 Å². The van der Waals surface area contributed by atoms with E-state index in [0.717, 1.165) is 37.3 Å². The summed E-state index contributed by atoms with van der Waals surface area (Å²) in [6.45, 7) is 0.785. The molecule has 0 radical (unpaired) electrons. The van der Waals surface area contributed by atoms with E-state index < -0.39 is 0 Å². The summed E-state index contributed by atoms with van der Waals surface area (Å²) in [6, 6.07) is 3.76. The lowest BCUT2D eigenvalue weighted by molar-refractivity contribution is 0.508. The Bertz CT molecular complexity index is 406. The number of aryl methyl sites for hydroxylation is 1. The molecule has 86 valence electrons. The molecule has 2 N–H and O–H groups in total. The SMILES string of the molecule is NCCCCCCc1nc2ncccc2o1. The van der Waals surface area contributed by atoms with Gasteiger partial charge in [0, 0.05) is 12.6 Å². The fourth-order valence-corrected chi connectivity index (χ4v) is 1.69. The van der Waals surface area contributed by atoms with Crippen molar-refractivity contribution in [3.05, 3.63) is 24.2 Å². The van der Waals surface area contributed by atoms with E-state index in [1.165, 1.54) is 12.8 Å². The zero-order valence-electron chi connectivity index (χ0n) is 9.35. The highest BCUT2D eigenvalue weighted by Crippen LogP contribution is 2.14. The summed E-state index contributed by atoms with van der Waals surface area (Å²) >= 11 is 0. The van der Waals surface area contributed by atoms with Crippen molar-refractivity contribution in [3.63, 3.8) is 0 Å². The Morgan fingerprint density at radius 1 is 1.19 bits per heavy atom. The number of unbranched alkanes of at least 4 members (excludes halogenated alkanes) is 3. The molecule has 0 aliphatic carbocycles. The zero-order valence-corrected chi connectivity index (χ0v) is 9.35. The van der Waals surface area contributed by atoms with E-state index in [4.69, 9.17) is 10.2 Å². The first-order valence-electron chi connectivity index (χ1n) is 5.80. The summed E-state index contributed by atoms with van der Waals surface area (Å²) in [6.07, 6.45) is 7.21. The maximum atomic E-state index is 5.58. The van der Waals surface area contributed by atoms with Gasteiger partial charge < -0.3 is 10.2 Å². The molecule has 0 aromatic carbocycles. The Kier molecular flexibility index (Phi) is 3.88. The molecular formula is C12H17N3O. The fraction of sp³-hybridized carbons (Fsp3) is 0.500. The molecule has 0 spiro atoms. The van der Waals surface area contributed by atoms with Crippen LogP contribution in [-0.4, -0.2) is 16.5 Å². The molecule has 0 unspecified atom stereocenters. The van der Waals surface area contributed by atoms with Gasteiger partial charge in [-0.3, -0.25) is 0 Å². The van der Waals surface area contributed by atoms with Crippen molar-refractivity contribution < 1.29 is 4.42 Å². The molecule has 0 atom stereocenters. The molecule has 2 rings (SSSR count). The van der Waals surface area contributed by atoms with Crippen LogP contribution in [0.1, 0.15) is 31.6 Å². The molecule has 0 bridgehead atoms. The van der Waals surface area contributed by atoms with Crippen LogP contribution < -0.4 is 5.73 Å². The van der Waals surface area contributed by atoms with Gasteiger partial charge in [-0.1, -0.05) is 12.8 Å². The highest BCUT2D eigenvalue weighted by atomic mass is 16.3. The number of oxazole rings is 1. The van der Waals surface area contributed by atoms with Crippen molar-refractivity contribution in [1.82, 2.24) is 9.97 Å². The minimum atomic E-state index is 0.708. The van der Waals surface area contributed by atoms with E-state index in [9.17, 15) is 0 Å². The van der Waals surface area contributed by atoms with Crippen LogP contribution in [0, 0.1) is 0 Å². The second kappa shape index (κ2) is 5.61. The third kappa shape index (κ3) is 2.79. The number of rotatable bonds is 6. The van der Waals surface area contributed by atoms with Crippen molar-refractivity contribution in [2.45, 2.75) is 32.1 Å². The maximum Gasteiger partial charge on any atom is 0.198 e. The summed E-state index contributed by atoms with van der Waals surface area (Å²) < 4.78 is 5.58. The van der Waals surface area contributed by atoms with Gasteiger partial charge >= 0.3 is 0 Å². The van der Waals surface area contributed by atoms with Gasteiger partial charge in [0.15, 0.2) is 17.1 Å². The monoisotopic (exact) mass is 219 g/mol. The van der Waals surface area contributed by atoms with Crippen LogP contribution in [0.25, 0.3) is 11.2 Å². The van der Waals surface area contributed by atoms with Gasteiger partial charge in [0.25, 0.3) is 0 Å². The second-order valence-corrected chi connectivity index (χ2v) is 3.89. The number of fused-ring (bicyclic) bond motifs is 1. The third-order valence-electron chi connectivity index (χ3n) is 2.55. The molecule has 0 fully saturated rings. The average molecular weight is 219 g/mol. The van der Waals surface area contributed by atoms with Gasteiger partial charge in [0.05, 0.1) is 0 Å². The highest BCUT2D eigenvalue weighted by Gasteiger charge is 2.04. The smallest absolute Gasteiger partial charge is 0.198 e. The number of nitrogens with two attached hydrogens (primary N) is 1. The molecule has 4 nitrogen and oxygen atoms in total. The van der Waals surface area contributed by atoms with Crippen molar-refractivity contribution in [2.75, 3.05) is 6.54 Å². The molecule has 16 heavy (non-hydrogen) atoms. The van der Waals surface area contributed by atoms with Crippen molar-refractivity contribution >= 4 is 11.2 Å². The first kappa shape index (κ1) is 11.1. The van der Waals surface area contributed by atoms with Crippen molar-refractivity contribution in [1.29, 1.82) is 0 Å². The number of aromatic nitrogens is 2. The number of nitrogens with zero attached hydrogens (tertiary/aromatic N) is 2. The molecule has 2 heterocycles. The predicted octanol–water partition coefficient (Wildman–Crippen LogP) is 2.28. The Morgan fingerprint density at radius 2 is 2.06 bits per heavy atom. The van der Waals surface area contributed by atoms with Crippen molar-refractivity contribution in [3.8, 4) is 0 Å². The van der Waals surface area contributed by atoms with Gasteiger partial charge in [-0.2, -0.15) is 4.98 Å². The molecular weight excluding hydrogens is 202 g/mol. The van der Waals surface area contributed by atoms with Gasteiger partial charge in [-0.05, 0) is 31.5 Å². The summed E-state index contributed by atoms with van der Waals surface area (Å²) in [5.74, 6) is 0.793. The molecule has 4 heteroatoms. The molecule has 0 saturated heterocycles. The van der Waals surface area contributed by atoms with Crippen LogP contribution in [0.5, 0.6) is 0 Å². The minimum absolute atomic E-state index is 0.708. The topological polar surface area (TPSA) is 64.9 Å². The summed E-state index contributed by atoms with van der Waals surface area (Å²) in [7, 11) is 0. The summed E-state index contributed by atoms with van der Waals surface area (Å²) in [5.41, 5.74) is 6.92. The van der Waals surface area contributed by atoms with E-state index in [1.807, 2.05) is 12.1 Å². The largest absolute Gasteiger partial charge is 0.439 e. The first-order valence-corrected chi connectivity index (χ1v) is 5.80. The summed E-state index contributed by atoms with van der Waals surface area (Å²) in [5, 5.41) is 0. The third-order valence-corrected chi connectivity index (χ3v) is 2.55. The van der Waals surface area contributed by atoms with E-state index in [1.54, 1.807) is 6.20 Å². The fourth-order valence-electron chi connectivity index (χ4n) is 1.69. The standard InChI is InChI=1S/C12H17N3O/c13-8-4-2-1-3-7-11-15-12-10(16-11)6-5-9-14-12/h5-6,9H,1-4,7-8,13H2. The second-order valence-electron chi connectivity index (χ2n) is 3.89. The lowest BCUT2D eigenvalue weighted by Gasteiger charge is -1.96. The molecule has 0 saturated carbocycles. The van der Waals surface area contributed by atoms with Crippen molar-refractivity contribution in [2.24, 2.45) is 5.73 Å². The molecule has 2 aromatic rings. The van der Waals surface area contributed by atoms with Crippen LogP contribution in [0.3, 0.4) is 0 Å². The highest BCUT2D eigenvalue weighted by molar-refractivity contribution is 5.66. The van der Waals surface area contributed by atoms with Crippen LogP contribution in [0.15, 0.2) is 22.7 Å². The lowest BCUT2D eigenvalue weighted by Crippen LogP contribution is -1.97. The average Bonchev–Trinajstić information content (AvgIpc) is 2.71. The zero-order chi connectivity index (χ0) is 11.2. The Morgan fingerprint density at radius 3 is 2.88 bits per heavy atom. The number of hydrogen-bond donors (Lipinski definition) is 1. The van der Waals surface area contributed by atoms with Gasteiger partial charge in [0.1, 0.15) is 0 Å². The van der Waals surface area contributed by atoms with E-state index in [0.29, 0.717) is 5.65 Å². The first-order chi connectivity index (χ1) is 7.90. The van der Waals surface area contributed by atoms with Crippen LogP contribution in [0.4, 0.5) is 0 Å².